The Bertz CT molecular complexity index is 344. The first-order valence-electron chi connectivity index (χ1n) is 4.97. The number of hydrogen-bond donors (Lipinski definition) is 0. The minimum atomic E-state index is -0.0488. The van der Waals surface area contributed by atoms with E-state index in [2.05, 4.69) is 5.16 Å². The predicted molar refractivity (Wildman–Crippen MR) is 59.9 cm³/mol. The van der Waals surface area contributed by atoms with Gasteiger partial charge in [-0.05, 0) is 12.5 Å². The third-order valence-corrected chi connectivity index (χ3v) is 1.92. The number of rotatable bonds is 5. The van der Waals surface area contributed by atoms with E-state index in [1.165, 1.54) is 6.92 Å². The fourth-order valence-corrected chi connectivity index (χ4v) is 1.15. The van der Waals surface area contributed by atoms with Crippen molar-refractivity contribution in [3.05, 3.63) is 35.9 Å². The maximum absolute atomic E-state index is 11.2. The molecule has 0 bridgehead atoms. The van der Waals surface area contributed by atoms with Gasteiger partial charge in [-0.3, -0.25) is 4.79 Å². The molecule has 0 aliphatic heterocycles. The van der Waals surface area contributed by atoms with Crippen LogP contribution in [-0.2, 0) is 16.1 Å². The number of benzene rings is 1. The van der Waals surface area contributed by atoms with Gasteiger partial charge in [-0.1, -0.05) is 35.5 Å². The lowest BCUT2D eigenvalue weighted by atomic mass is 10.1. The highest BCUT2D eigenvalue weighted by Crippen LogP contribution is 2.02. The number of carbonyl (C=O) groups excluding carboxylic acids is 1. The first-order valence-corrected chi connectivity index (χ1v) is 4.97. The molecule has 80 valence electrons. The third kappa shape index (κ3) is 3.94. The number of nitrogens with zero attached hydrogens (tertiary/aromatic N) is 1. The molecule has 0 aromatic heterocycles. The molecule has 0 amide bonds. The van der Waals surface area contributed by atoms with Gasteiger partial charge in [0.05, 0.1) is 0 Å². The molecule has 0 aliphatic rings. The fraction of sp³-hybridized carbons (Fsp3) is 0.333. The number of Topliss-reactive ketones (excluding diaryl/α,β-unsaturated/α-hetero) is 1. The fourth-order valence-electron chi connectivity index (χ4n) is 1.15. The summed E-state index contributed by atoms with van der Waals surface area (Å²) >= 11 is 0. The van der Waals surface area contributed by atoms with Crippen LogP contribution in [0.3, 0.4) is 0 Å². The third-order valence-electron chi connectivity index (χ3n) is 1.92. The number of oxime groups is 1. The van der Waals surface area contributed by atoms with Crippen molar-refractivity contribution >= 4 is 11.5 Å². The molecule has 0 aliphatic carbocycles. The van der Waals surface area contributed by atoms with Crippen LogP contribution in [0.4, 0.5) is 0 Å². The van der Waals surface area contributed by atoms with Gasteiger partial charge in [0.15, 0.2) is 5.78 Å². The second-order valence-electron chi connectivity index (χ2n) is 3.17. The Balaban J connectivity index is 2.72. The van der Waals surface area contributed by atoms with Crippen LogP contribution in [0, 0.1) is 0 Å². The predicted octanol–water partition coefficient (Wildman–Crippen LogP) is 2.21. The molecule has 0 fully saturated rings. The molecule has 0 unspecified atom stereocenters. The molecule has 1 aromatic carbocycles. The van der Waals surface area contributed by atoms with Gasteiger partial charge in [0.1, 0.15) is 12.3 Å². The van der Waals surface area contributed by atoms with Gasteiger partial charge < -0.3 is 4.84 Å². The van der Waals surface area contributed by atoms with Crippen molar-refractivity contribution in [2.24, 2.45) is 5.16 Å². The molecule has 0 N–H and O–H groups in total. The first kappa shape index (κ1) is 11.4. The van der Waals surface area contributed by atoms with Crippen LogP contribution in [0.25, 0.3) is 0 Å². The molecule has 15 heavy (non-hydrogen) atoms. The van der Waals surface area contributed by atoms with Crippen molar-refractivity contribution in [2.75, 3.05) is 6.61 Å². The van der Waals surface area contributed by atoms with Crippen LogP contribution in [0.2, 0.25) is 0 Å². The van der Waals surface area contributed by atoms with E-state index < -0.39 is 0 Å². The van der Waals surface area contributed by atoms with Gasteiger partial charge >= 0.3 is 0 Å². The standard InChI is InChI=1S/C12H15NO2/c1-3-15-13-12(10(2)14)9-11-7-5-4-6-8-11/h4-8H,3,9H2,1-2H3/b13-12+. The number of carbonyl (C=O) groups is 1. The van der Waals surface area contributed by atoms with Gasteiger partial charge in [0.2, 0.25) is 0 Å². The van der Waals surface area contributed by atoms with E-state index in [0.29, 0.717) is 18.7 Å². The number of hydrogen-bond acceptors (Lipinski definition) is 3. The Labute approximate surface area is 89.7 Å². The summed E-state index contributed by atoms with van der Waals surface area (Å²) in [6.45, 7) is 3.82. The molecule has 0 spiro atoms. The first-order chi connectivity index (χ1) is 7.24. The maximum Gasteiger partial charge on any atom is 0.177 e. The molecule has 0 heterocycles. The van der Waals surface area contributed by atoms with E-state index in [-0.39, 0.29) is 5.78 Å². The Hall–Kier alpha value is -1.64. The van der Waals surface area contributed by atoms with Crippen LogP contribution in [0.1, 0.15) is 19.4 Å². The molecule has 1 aromatic rings. The summed E-state index contributed by atoms with van der Waals surface area (Å²) < 4.78 is 0. The zero-order valence-corrected chi connectivity index (χ0v) is 9.06. The maximum atomic E-state index is 11.2. The van der Waals surface area contributed by atoms with Crippen molar-refractivity contribution in [2.45, 2.75) is 20.3 Å². The van der Waals surface area contributed by atoms with Gasteiger partial charge in [0.25, 0.3) is 0 Å². The van der Waals surface area contributed by atoms with E-state index in [9.17, 15) is 4.79 Å². The minimum absolute atomic E-state index is 0.0488. The molecular formula is C12H15NO2. The van der Waals surface area contributed by atoms with Crippen molar-refractivity contribution in [3.8, 4) is 0 Å². The molecular weight excluding hydrogens is 190 g/mol. The van der Waals surface area contributed by atoms with Crippen LogP contribution < -0.4 is 0 Å². The molecule has 0 radical (unpaired) electrons. The Morgan fingerprint density at radius 1 is 1.33 bits per heavy atom. The van der Waals surface area contributed by atoms with E-state index >= 15 is 0 Å². The highest BCUT2D eigenvalue weighted by Gasteiger charge is 2.07. The quantitative estimate of drug-likeness (QED) is 0.546. The van der Waals surface area contributed by atoms with Crippen LogP contribution in [-0.4, -0.2) is 18.1 Å². The summed E-state index contributed by atoms with van der Waals surface area (Å²) in [5.41, 5.74) is 1.52. The van der Waals surface area contributed by atoms with E-state index in [4.69, 9.17) is 4.84 Å². The summed E-state index contributed by atoms with van der Waals surface area (Å²) in [4.78, 5) is 16.1. The molecule has 3 nitrogen and oxygen atoms in total. The van der Waals surface area contributed by atoms with Crippen molar-refractivity contribution in [1.29, 1.82) is 0 Å². The Kier molecular flexibility index (Phi) is 4.54. The van der Waals surface area contributed by atoms with Crippen LogP contribution in [0.5, 0.6) is 0 Å². The lowest BCUT2D eigenvalue weighted by Crippen LogP contribution is -2.14. The topological polar surface area (TPSA) is 38.7 Å². The Morgan fingerprint density at radius 3 is 2.53 bits per heavy atom. The summed E-state index contributed by atoms with van der Waals surface area (Å²) in [6, 6.07) is 9.74. The summed E-state index contributed by atoms with van der Waals surface area (Å²) in [7, 11) is 0. The van der Waals surface area contributed by atoms with Crippen molar-refractivity contribution in [3.63, 3.8) is 0 Å². The normalized spacial score (nSPS) is 11.2. The SMILES string of the molecule is CCO/N=C(\Cc1ccccc1)C(C)=O. The zero-order valence-electron chi connectivity index (χ0n) is 9.06. The van der Waals surface area contributed by atoms with E-state index in [1.807, 2.05) is 37.3 Å². The molecule has 3 heteroatoms. The molecule has 1 rings (SSSR count). The smallest absolute Gasteiger partial charge is 0.177 e. The van der Waals surface area contributed by atoms with E-state index in [1.54, 1.807) is 0 Å². The summed E-state index contributed by atoms with van der Waals surface area (Å²) in [5.74, 6) is -0.0488. The minimum Gasteiger partial charge on any atom is -0.396 e. The van der Waals surface area contributed by atoms with Gasteiger partial charge in [-0.25, -0.2) is 0 Å². The highest BCUT2D eigenvalue weighted by molar-refractivity contribution is 6.39. The molecule has 0 saturated carbocycles. The van der Waals surface area contributed by atoms with Gasteiger partial charge in [-0.15, -0.1) is 0 Å². The Morgan fingerprint density at radius 2 is 2.00 bits per heavy atom. The molecule has 0 saturated heterocycles. The lowest BCUT2D eigenvalue weighted by molar-refractivity contribution is -0.111. The molecule has 0 atom stereocenters. The second kappa shape index (κ2) is 5.96. The highest BCUT2D eigenvalue weighted by atomic mass is 16.6. The lowest BCUT2D eigenvalue weighted by Gasteiger charge is -2.02. The zero-order chi connectivity index (χ0) is 11.1. The van der Waals surface area contributed by atoms with Gasteiger partial charge in [-0.2, -0.15) is 0 Å². The average molecular weight is 205 g/mol. The van der Waals surface area contributed by atoms with Crippen molar-refractivity contribution in [1.82, 2.24) is 0 Å². The van der Waals surface area contributed by atoms with Crippen LogP contribution >= 0.6 is 0 Å². The second-order valence-corrected chi connectivity index (χ2v) is 3.17. The van der Waals surface area contributed by atoms with Crippen LogP contribution in [0.15, 0.2) is 35.5 Å². The average Bonchev–Trinajstić information content (AvgIpc) is 2.25. The largest absolute Gasteiger partial charge is 0.396 e. The summed E-state index contributed by atoms with van der Waals surface area (Å²) in [5, 5.41) is 3.80. The summed E-state index contributed by atoms with van der Waals surface area (Å²) in [6.07, 6.45) is 0.524. The van der Waals surface area contributed by atoms with E-state index in [0.717, 1.165) is 5.56 Å². The monoisotopic (exact) mass is 205 g/mol. The van der Waals surface area contributed by atoms with Gasteiger partial charge in [0, 0.05) is 13.3 Å². The van der Waals surface area contributed by atoms with Crippen molar-refractivity contribution < 1.29 is 9.63 Å². The number of ketones is 1.